The number of carbonyl (C=O) groups is 1. The number of rotatable bonds is 3. The second-order valence-electron chi connectivity index (χ2n) is 4.94. The van der Waals surface area contributed by atoms with Crippen molar-refractivity contribution in [2.24, 2.45) is 0 Å². The monoisotopic (exact) mass is 335 g/mol. The number of piperidine rings is 1. The van der Waals surface area contributed by atoms with Crippen molar-refractivity contribution in [2.45, 2.75) is 23.8 Å². The van der Waals surface area contributed by atoms with Crippen LogP contribution in [0.1, 0.15) is 12.8 Å². The van der Waals surface area contributed by atoms with E-state index in [4.69, 9.17) is 17.3 Å². The van der Waals surface area contributed by atoms with E-state index in [1.807, 2.05) is 0 Å². The number of nitrogens with one attached hydrogen (secondary N) is 1. The molecule has 1 saturated heterocycles. The smallest absolute Gasteiger partial charge is 0.243 e. The summed E-state index contributed by atoms with van der Waals surface area (Å²) in [6.45, 7) is 0.232. The van der Waals surface area contributed by atoms with Gasteiger partial charge in [-0.2, -0.15) is 0 Å². The van der Waals surface area contributed by atoms with Crippen LogP contribution in [0.15, 0.2) is 17.0 Å². The summed E-state index contributed by atoms with van der Waals surface area (Å²) in [4.78, 5) is 12.2. The van der Waals surface area contributed by atoms with Crippen LogP contribution in [-0.2, 0) is 14.8 Å². The van der Waals surface area contributed by atoms with Crippen LogP contribution in [0.3, 0.4) is 0 Å². The third-order valence-corrected chi connectivity index (χ3v) is 5.01. The molecule has 1 aliphatic heterocycles. The molecule has 21 heavy (non-hydrogen) atoms. The number of likely N-dealkylation sites (N-methyl/N-ethyl adjacent to an activating group) is 1. The first-order valence-corrected chi connectivity index (χ1v) is 8.07. The molecular weight excluding hydrogens is 321 g/mol. The van der Waals surface area contributed by atoms with Gasteiger partial charge in [0.25, 0.3) is 0 Å². The van der Waals surface area contributed by atoms with Crippen molar-refractivity contribution < 1.29 is 17.6 Å². The molecule has 0 aromatic heterocycles. The SMILES string of the molecule is CN1CC(NS(=O)(=O)c2cc(Cl)cc(N)c2F)CCC1=O. The molecule has 1 amide bonds. The molecule has 0 spiro atoms. The number of benzene rings is 1. The molecule has 1 atom stereocenters. The lowest BCUT2D eigenvalue weighted by atomic mass is 10.1. The molecule has 0 saturated carbocycles. The van der Waals surface area contributed by atoms with E-state index >= 15 is 0 Å². The Morgan fingerprint density at radius 1 is 1.48 bits per heavy atom. The number of nitrogen functional groups attached to an aromatic ring is 1. The lowest BCUT2D eigenvalue weighted by Crippen LogP contribution is -2.48. The van der Waals surface area contributed by atoms with Gasteiger partial charge in [0.1, 0.15) is 4.90 Å². The number of halogens is 2. The molecule has 0 radical (unpaired) electrons. The molecular formula is C12H15ClFN3O3S. The highest BCUT2D eigenvalue weighted by Gasteiger charge is 2.29. The van der Waals surface area contributed by atoms with Crippen molar-refractivity contribution in [3.63, 3.8) is 0 Å². The second kappa shape index (κ2) is 5.78. The Morgan fingerprint density at radius 3 is 2.76 bits per heavy atom. The largest absolute Gasteiger partial charge is 0.396 e. The predicted molar refractivity (Wildman–Crippen MR) is 76.8 cm³/mol. The van der Waals surface area contributed by atoms with E-state index in [1.165, 1.54) is 4.90 Å². The molecule has 1 heterocycles. The number of hydrogen-bond donors (Lipinski definition) is 2. The standard InChI is InChI=1S/C12H15ClFN3O3S/c1-17-6-8(2-3-11(17)18)16-21(19,20)10-5-7(13)4-9(15)12(10)14/h4-5,8,16H,2-3,6,15H2,1H3. The van der Waals surface area contributed by atoms with Gasteiger partial charge in [-0.1, -0.05) is 11.6 Å². The Bertz CT molecular complexity index is 681. The average Bonchev–Trinajstić information content (AvgIpc) is 2.37. The number of carbonyl (C=O) groups excluding carboxylic acids is 1. The number of nitrogens with two attached hydrogens (primary N) is 1. The van der Waals surface area contributed by atoms with Gasteiger partial charge >= 0.3 is 0 Å². The van der Waals surface area contributed by atoms with Gasteiger partial charge in [0, 0.05) is 31.1 Å². The van der Waals surface area contributed by atoms with E-state index in [0.717, 1.165) is 12.1 Å². The van der Waals surface area contributed by atoms with Crippen LogP contribution in [0.5, 0.6) is 0 Å². The lowest BCUT2D eigenvalue weighted by molar-refractivity contribution is -0.132. The van der Waals surface area contributed by atoms with Crippen LogP contribution < -0.4 is 10.5 Å². The van der Waals surface area contributed by atoms with Crippen LogP contribution in [0.2, 0.25) is 5.02 Å². The Labute approximate surface area is 127 Å². The van der Waals surface area contributed by atoms with E-state index in [1.54, 1.807) is 7.05 Å². The fraction of sp³-hybridized carbons (Fsp3) is 0.417. The van der Waals surface area contributed by atoms with Gasteiger partial charge in [-0.25, -0.2) is 17.5 Å². The first-order valence-electron chi connectivity index (χ1n) is 6.21. The van der Waals surface area contributed by atoms with Gasteiger partial charge in [0.15, 0.2) is 5.82 Å². The maximum atomic E-state index is 13.9. The summed E-state index contributed by atoms with van der Waals surface area (Å²) >= 11 is 5.72. The summed E-state index contributed by atoms with van der Waals surface area (Å²) < 4.78 is 40.8. The van der Waals surface area contributed by atoms with E-state index in [-0.39, 0.29) is 29.6 Å². The van der Waals surface area contributed by atoms with Gasteiger partial charge in [0.2, 0.25) is 15.9 Å². The van der Waals surface area contributed by atoms with E-state index in [9.17, 15) is 17.6 Å². The Morgan fingerprint density at radius 2 is 2.14 bits per heavy atom. The highest BCUT2D eigenvalue weighted by molar-refractivity contribution is 7.89. The number of amides is 1. The van der Waals surface area contributed by atoms with Gasteiger partial charge in [0.05, 0.1) is 5.69 Å². The Hall–Kier alpha value is -1.38. The maximum Gasteiger partial charge on any atom is 0.243 e. The summed E-state index contributed by atoms with van der Waals surface area (Å²) in [5.41, 5.74) is 5.05. The molecule has 1 fully saturated rings. The normalized spacial score (nSPS) is 19.9. The fourth-order valence-corrected chi connectivity index (χ4v) is 3.86. The fourth-order valence-electron chi connectivity index (χ4n) is 2.17. The summed E-state index contributed by atoms with van der Waals surface area (Å²) in [6.07, 6.45) is 0.601. The molecule has 0 aliphatic carbocycles. The number of sulfonamides is 1. The van der Waals surface area contributed by atoms with Crippen LogP contribution >= 0.6 is 11.6 Å². The van der Waals surface area contributed by atoms with Gasteiger partial charge < -0.3 is 10.6 Å². The second-order valence-corrected chi connectivity index (χ2v) is 7.06. The minimum atomic E-state index is -4.10. The van der Waals surface area contributed by atoms with Gasteiger partial charge in [-0.3, -0.25) is 4.79 Å². The molecule has 1 aromatic carbocycles. The molecule has 1 aromatic rings. The zero-order chi connectivity index (χ0) is 15.8. The molecule has 9 heteroatoms. The van der Waals surface area contributed by atoms with Gasteiger partial charge in [-0.05, 0) is 18.6 Å². The van der Waals surface area contributed by atoms with E-state index < -0.39 is 26.8 Å². The summed E-state index contributed by atoms with van der Waals surface area (Å²) in [5, 5.41) is 0.0326. The Balaban J connectivity index is 2.25. The van der Waals surface area contributed by atoms with Crippen molar-refractivity contribution in [3.05, 3.63) is 23.0 Å². The molecule has 6 nitrogen and oxygen atoms in total. The summed E-state index contributed by atoms with van der Waals surface area (Å²) in [6, 6.07) is 1.67. The number of nitrogens with zero attached hydrogens (tertiary/aromatic N) is 1. The quantitative estimate of drug-likeness (QED) is 0.805. The van der Waals surface area contributed by atoms with Crippen molar-refractivity contribution in [3.8, 4) is 0 Å². The number of likely N-dealkylation sites (tertiary alicyclic amines) is 1. The summed E-state index contributed by atoms with van der Waals surface area (Å²) in [7, 11) is -2.52. The number of anilines is 1. The van der Waals surface area contributed by atoms with Crippen LogP contribution in [0.25, 0.3) is 0 Å². The third-order valence-electron chi connectivity index (χ3n) is 3.27. The van der Waals surface area contributed by atoms with Crippen molar-refractivity contribution in [2.75, 3.05) is 19.3 Å². The molecule has 2 rings (SSSR count). The molecule has 3 N–H and O–H groups in total. The van der Waals surface area contributed by atoms with E-state index in [0.29, 0.717) is 6.42 Å². The van der Waals surface area contributed by atoms with E-state index in [2.05, 4.69) is 4.72 Å². The average molecular weight is 336 g/mol. The zero-order valence-electron chi connectivity index (χ0n) is 11.3. The van der Waals surface area contributed by atoms with Crippen molar-refractivity contribution >= 4 is 33.2 Å². The minimum absolute atomic E-state index is 0.0326. The first-order chi connectivity index (χ1) is 9.70. The van der Waals surface area contributed by atoms with Crippen LogP contribution in [-0.4, -0.2) is 38.9 Å². The minimum Gasteiger partial charge on any atom is -0.396 e. The highest BCUT2D eigenvalue weighted by Crippen LogP contribution is 2.25. The topological polar surface area (TPSA) is 92.5 Å². The predicted octanol–water partition coefficient (Wildman–Crippen LogP) is 0.960. The van der Waals surface area contributed by atoms with Crippen molar-refractivity contribution in [1.82, 2.24) is 9.62 Å². The molecule has 0 bridgehead atoms. The molecule has 1 aliphatic rings. The third kappa shape index (κ3) is 3.45. The summed E-state index contributed by atoms with van der Waals surface area (Å²) in [5.74, 6) is -1.09. The first kappa shape index (κ1) is 16.0. The highest BCUT2D eigenvalue weighted by atomic mass is 35.5. The molecule has 1 unspecified atom stereocenters. The van der Waals surface area contributed by atoms with Crippen molar-refractivity contribution in [1.29, 1.82) is 0 Å². The van der Waals surface area contributed by atoms with Crippen LogP contribution in [0.4, 0.5) is 10.1 Å². The molecule has 116 valence electrons. The lowest BCUT2D eigenvalue weighted by Gasteiger charge is -2.30. The zero-order valence-corrected chi connectivity index (χ0v) is 12.8. The van der Waals surface area contributed by atoms with Gasteiger partial charge in [-0.15, -0.1) is 0 Å². The Kier molecular flexibility index (Phi) is 4.40. The maximum absolute atomic E-state index is 13.9. The van der Waals surface area contributed by atoms with Crippen LogP contribution in [0, 0.1) is 5.82 Å². The number of hydrogen-bond acceptors (Lipinski definition) is 4.